The average molecular weight is 201 g/mol. The number of carbonyl (C=O) groups is 1. The van der Waals surface area contributed by atoms with E-state index < -0.39 is 0 Å². The first-order valence-corrected chi connectivity index (χ1v) is 5.50. The minimum atomic E-state index is 0.291. The number of carbonyl (C=O) groups excluding carboxylic acids is 1. The third kappa shape index (κ3) is 5.97. The van der Waals surface area contributed by atoms with Gasteiger partial charge in [-0.05, 0) is 19.3 Å². The molecule has 3 nitrogen and oxygen atoms in total. The van der Waals surface area contributed by atoms with Gasteiger partial charge in [0, 0.05) is 20.2 Å². The Labute approximate surface area is 87.4 Å². The maximum atomic E-state index is 10.7. The highest BCUT2D eigenvalue weighted by Gasteiger charge is 2.07. The molecule has 0 aliphatic heterocycles. The van der Waals surface area contributed by atoms with Gasteiger partial charge in [-0.15, -0.1) is 0 Å². The monoisotopic (exact) mass is 201 g/mol. The second-order valence-electron chi connectivity index (χ2n) is 3.55. The number of nitrogens with zero attached hydrogens (tertiary/aromatic N) is 1. The number of ether oxygens (including phenoxy) is 1. The Morgan fingerprint density at radius 3 is 2.50 bits per heavy atom. The lowest BCUT2D eigenvalue weighted by atomic mass is 10.2. The lowest BCUT2D eigenvalue weighted by molar-refractivity contribution is -0.118. The summed E-state index contributed by atoms with van der Waals surface area (Å²) < 4.78 is 5.26. The molecule has 0 saturated heterocycles. The van der Waals surface area contributed by atoms with Gasteiger partial charge in [-0.3, -0.25) is 4.79 Å². The van der Waals surface area contributed by atoms with Crippen LogP contribution in [-0.2, 0) is 9.53 Å². The van der Waals surface area contributed by atoms with Crippen molar-refractivity contribution in [3.63, 3.8) is 0 Å². The predicted octanol–water partition coefficient (Wildman–Crippen LogP) is 2.06. The molecule has 3 heteroatoms. The smallest absolute Gasteiger partial charge is 0.209 e. The molecule has 0 aromatic carbocycles. The maximum absolute atomic E-state index is 10.7. The Kier molecular flexibility index (Phi) is 8.64. The summed E-state index contributed by atoms with van der Waals surface area (Å²) in [7, 11) is 1.73. The summed E-state index contributed by atoms with van der Waals surface area (Å²) in [5, 5.41) is 0. The van der Waals surface area contributed by atoms with Gasteiger partial charge in [0.1, 0.15) is 0 Å². The summed E-state index contributed by atoms with van der Waals surface area (Å²) in [4.78, 5) is 12.5. The zero-order valence-corrected chi connectivity index (χ0v) is 9.66. The van der Waals surface area contributed by atoms with Gasteiger partial charge in [0.2, 0.25) is 6.41 Å². The van der Waals surface area contributed by atoms with Crippen molar-refractivity contribution in [3.05, 3.63) is 0 Å². The number of rotatable bonds is 9. The first-order valence-electron chi connectivity index (χ1n) is 5.50. The van der Waals surface area contributed by atoms with E-state index in [1.165, 1.54) is 0 Å². The molecule has 0 heterocycles. The van der Waals surface area contributed by atoms with Gasteiger partial charge in [0.25, 0.3) is 0 Å². The Balaban J connectivity index is 3.64. The molecule has 0 aliphatic carbocycles. The minimum Gasteiger partial charge on any atom is -0.381 e. The first kappa shape index (κ1) is 13.4. The van der Waals surface area contributed by atoms with Crippen molar-refractivity contribution in [2.75, 3.05) is 20.2 Å². The molecular weight excluding hydrogens is 178 g/mol. The van der Waals surface area contributed by atoms with Gasteiger partial charge in [-0.1, -0.05) is 20.3 Å². The van der Waals surface area contributed by atoms with Gasteiger partial charge < -0.3 is 9.64 Å². The highest BCUT2D eigenvalue weighted by Crippen LogP contribution is 2.03. The fourth-order valence-electron chi connectivity index (χ4n) is 1.38. The molecule has 0 aliphatic rings. The summed E-state index contributed by atoms with van der Waals surface area (Å²) in [6.45, 7) is 5.93. The van der Waals surface area contributed by atoms with Crippen molar-refractivity contribution < 1.29 is 9.53 Å². The topological polar surface area (TPSA) is 29.5 Å². The summed E-state index contributed by atoms with van der Waals surface area (Å²) >= 11 is 0. The van der Waals surface area contributed by atoms with Crippen LogP contribution in [0.4, 0.5) is 0 Å². The molecule has 0 fully saturated rings. The fraction of sp³-hybridized carbons (Fsp3) is 0.909. The van der Waals surface area contributed by atoms with E-state index in [9.17, 15) is 4.79 Å². The zero-order chi connectivity index (χ0) is 10.8. The van der Waals surface area contributed by atoms with Crippen LogP contribution in [0.15, 0.2) is 0 Å². The number of methoxy groups -OCH3 is 1. The molecule has 0 saturated carbocycles. The van der Waals surface area contributed by atoms with Gasteiger partial charge in [0.05, 0.1) is 6.10 Å². The number of unbranched alkanes of at least 4 members (excludes halogenated alkanes) is 1. The molecule has 0 rings (SSSR count). The Morgan fingerprint density at radius 1 is 1.36 bits per heavy atom. The van der Waals surface area contributed by atoms with Crippen molar-refractivity contribution in [1.82, 2.24) is 4.90 Å². The molecule has 0 aromatic rings. The molecule has 0 N–H and O–H groups in total. The predicted molar refractivity (Wildman–Crippen MR) is 58.3 cm³/mol. The molecule has 0 radical (unpaired) electrons. The van der Waals surface area contributed by atoms with Gasteiger partial charge in [-0.25, -0.2) is 0 Å². The van der Waals surface area contributed by atoms with E-state index in [-0.39, 0.29) is 0 Å². The number of hydrogen-bond donors (Lipinski definition) is 0. The molecule has 14 heavy (non-hydrogen) atoms. The summed E-state index contributed by atoms with van der Waals surface area (Å²) in [6.07, 6.45) is 5.40. The molecular formula is C11H23NO2. The van der Waals surface area contributed by atoms with E-state index >= 15 is 0 Å². The van der Waals surface area contributed by atoms with Gasteiger partial charge in [0.15, 0.2) is 0 Å². The lowest BCUT2D eigenvalue weighted by Crippen LogP contribution is -2.27. The Hall–Kier alpha value is -0.570. The van der Waals surface area contributed by atoms with Crippen LogP contribution in [0.5, 0.6) is 0 Å². The number of amides is 1. The van der Waals surface area contributed by atoms with Crippen molar-refractivity contribution >= 4 is 6.41 Å². The maximum Gasteiger partial charge on any atom is 0.209 e. The Morgan fingerprint density at radius 2 is 2.07 bits per heavy atom. The second kappa shape index (κ2) is 9.00. The average Bonchev–Trinajstić information content (AvgIpc) is 2.23. The molecule has 0 bridgehead atoms. The molecule has 0 unspecified atom stereocenters. The quantitative estimate of drug-likeness (QED) is 0.534. The largest absolute Gasteiger partial charge is 0.381 e. The number of hydrogen-bond acceptors (Lipinski definition) is 2. The van der Waals surface area contributed by atoms with E-state index in [0.717, 1.165) is 45.2 Å². The van der Waals surface area contributed by atoms with Crippen LogP contribution in [0.25, 0.3) is 0 Å². The standard InChI is InChI=1S/C11H23NO2/c1-4-6-8-12(10-13)9-7-11(5-2)14-3/h10-11H,4-9H2,1-3H3/t11-/m1/s1. The van der Waals surface area contributed by atoms with E-state index in [4.69, 9.17) is 4.74 Å². The van der Waals surface area contributed by atoms with Crippen molar-refractivity contribution in [2.24, 2.45) is 0 Å². The normalized spacial score (nSPS) is 12.5. The molecule has 0 spiro atoms. The minimum absolute atomic E-state index is 0.291. The summed E-state index contributed by atoms with van der Waals surface area (Å²) in [5.41, 5.74) is 0. The van der Waals surface area contributed by atoms with Gasteiger partial charge in [-0.2, -0.15) is 0 Å². The van der Waals surface area contributed by atoms with E-state index in [2.05, 4.69) is 13.8 Å². The van der Waals surface area contributed by atoms with Crippen LogP contribution in [0.1, 0.15) is 39.5 Å². The van der Waals surface area contributed by atoms with Crippen molar-refractivity contribution in [1.29, 1.82) is 0 Å². The van der Waals surface area contributed by atoms with Crippen molar-refractivity contribution in [2.45, 2.75) is 45.6 Å². The van der Waals surface area contributed by atoms with E-state index in [1.807, 2.05) is 4.90 Å². The first-order chi connectivity index (χ1) is 6.78. The SMILES string of the molecule is CCCCN(C=O)CC[C@@H](CC)OC. The highest BCUT2D eigenvalue weighted by atomic mass is 16.5. The summed E-state index contributed by atoms with van der Waals surface area (Å²) in [6, 6.07) is 0. The van der Waals surface area contributed by atoms with E-state index in [1.54, 1.807) is 7.11 Å². The lowest BCUT2D eigenvalue weighted by Gasteiger charge is -2.20. The van der Waals surface area contributed by atoms with Crippen LogP contribution < -0.4 is 0 Å². The van der Waals surface area contributed by atoms with Gasteiger partial charge >= 0.3 is 0 Å². The molecule has 1 atom stereocenters. The third-order valence-electron chi connectivity index (χ3n) is 2.47. The highest BCUT2D eigenvalue weighted by molar-refractivity contribution is 5.46. The second-order valence-corrected chi connectivity index (χ2v) is 3.55. The third-order valence-corrected chi connectivity index (χ3v) is 2.47. The molecule has 1 amide bonds. The molecule has 84 valence electrons. The van der Waals surface area contributed by atoms with Crippen LogP contribution >= 0.6 is 0 Å². The van der Waals surface area contributed by atoms with Crippen LogP contribution in [-0.4, -0.2) is 37.6 Å². The van der Waals surface area contributed by atoms with Crippen LogP contribution in [0.3, 0.4) is 0 Å². The summed E-state index contributed by atoms with van der Waals surface area (Å²) in [5.74, 6) is 0. The van der Waals surface area contributed by atoms with Crippen LogP contribution in [0, 0.1) is 0 Å². The van der Waals surface area contributed by atoms with Crippen LogP contribution in [0.2, 0.25) is 0 Å². The fourth-order valence-corrected chi connectivity index (χ4v) is 1.38. The molecule has 0 aromatic heterocycles. The van der Waals surface area contributed by atoms with E-state index in [0.29, 0.717) is 6.10 Å². The Bertz CT molecular complexity index is 135. The zero-order valence-electron chi connectivity index (χ0n) is 9.66. The van der Waals surface area contributed by atoms with Crippen molar-refractivity contribution in [3.8, 4) is 0 Å².